The lowest BCUT2D eigenvalue weighted by Crippen LogP contribution is -2.37. The lowest BCUT2D eigenvalue weighted by molar-refractivity contribution is -0.119. The molecule has 0 atom stereocenters. The molecule has 1 aromatic heterocycles. The Kier molecular flexibility index (Phi) is 5.42. The van der Waals surface area contributed by atoms with Gasteiger partial charge in [-0.15, -0.1) is 0 Å². The van der Waals surface area contributed by atoms with E-state index in [1.807, 2.05) is 30.9 Å². The standard InChI is InChI=1S/C12H20N4O/c1-3-14-12(17)9-16(4-2)11-6-5-10(7-13)8-15-11/h5-6,8H,3-4,7,9,13H2,1-2H3,(H,14,17). The highest BCUT2D eigenvalue weighted by Gasteiger charge is 2.09. The number of pyridine rings is 1. The molecule has 0 saturated carbocycles. The third-order valence-corrected chi connectivity index (χ3v) is 2.46. The average Bonchev–Trinajstić information content (AvgIpc) is 2.36. The normalized spacial score (nSPS) is 10.1. The van der Waals surface area contributed by atoms with E-state index < -0.39 is 0 Å². The van der Waals surface area contributed by atoms with Crippen molar-refractivity contribution in [2.24, 2.45) is 5.73 Å². The molecule has 1 aromatic rings. The first-order valence-electron chi connectivity index (χ1n) is 5.87. The first-order valence-corrected chi connectivity index (χ1v) is 5.87. The van der Waals surface area contributed by atoms with Crippen molar-refractivity contribution in [3.8, 4) is 0 Å². The Balaban J connectivity index is 2.68. The molecule has 3 N–H and O–H groups in total. The van der Waals surface area contributed by atoms with Gasteiger partial charge in [0.2, 0.25) is 5.91 Å². The SMILES string of the molecule is CCNC(=O)CN(CC)c1ccc(CN)cn1. The first kappa shape index (κ1) is 13.4. The Morgan fingerprint density at radius 3 is 2.71 bits per heavy atom. The summed E-state index contributed by atoms with van der Waals surface area (Å²) in [6.45, 7) is 6.11. The largest absolute Gasteiger partial charge is 0.355 e. The van der Waals surface area contributed by atoms with Crippen molar-refractivity contribution in [3.63, 3.8) is 0 Å². The molecule has 1 heterocycles. The van der Waals surface area contributed by atoms with Crippen LogP contribution in [0.5, 0.6) is 0 Å². The molecule has 0 aliphatic heterocycles. The minimum atomic E-state index is 0.0130. The van der Waals surface area contributed by atoms with Crippen LogP contribution in [0.15, 0.2) is 18.3 Å². The molecule has 0 bridgehead atoms. The van der Waals surface area contributed by atoms with Crippen LogP contribution in [0.1, 0.15) is 19.4 Å². The highest BCUT2D eigenvalue weighted by atomic mass is 16.2. The number of nitrogens with zero attached hydrogens (tertiary/aromatic N) is 2. The molecule has 1 rings (SSSR count). The number of amides is 1. The van der Waals surface area contributed by atoms with E-state index in [2.05, 4.69) is 10.3 Å². The highest BCUT2D eigenvalue weighted by Crippen LogP contribution is 2.10. The fourth-order valence-electron chi connectivity index (χ4n) is 1.51. The number of carbonyl (C=O) groups is 1. The molecular formula is C12H20N4O. The van der Waals surface area contributed by atoms with Crippen molar-refractivity contribution in [1.82, 2.24) is 10.3 Å². The third-order valence-electron chi connectivity index (χ3n) is 2.46. The number of nitrogens with two attached hydrogens (primary N) is 1. The average molecular weight is 236 g/mol. The van der Waals surface area contributed by atoms with Crippen LogP contribution in [0.25, 0.3) is 0 Å². The third kappa shape index (κ3) is 4.03. The Labute approximate surface area is 102 Å². The van der Waals surface area contributed by atoms with Crippen LogP contribution in [0.4, 0.5) is 5.82 Å². The maximum Gasteiger partial charge on any atom is 0.239 e. The van der Waals surface area contributed by atoms with Crippen molar-refractivity contribution in [2.75, 3.05) is 24.5 Å². The van der Waals surface area contributed by atoms with Crippen LogP contribution in [0.2, 0.25) is 0 Å². The summed E-state index contributed by atoms with van der Waals surface area (Å²) in [7, 11) is 0. The van der Waals surface area contributed by atoms with Gasteiger partial charge in [-0.2, -0.15) is 0 Å². The van der Waals surface area contributed by atoms with E-state index in [4.69, 9.17) is 5.73 Å². The molecule has 5 heteroatoms. The monoisotopic (exact) mass is 236 g/mol. The lowest BCUT2D eigenvalue weighted by Gasteiger charge is -2.21. The van der Waals surface area contributed by atoms with Crippen LogP contribution in [-0.2, 0) is 11.3 Å². The zero-order valence-corrected chi connectivity index (χ0v) is 10.4. The molecule has 0 fully saturated rings. The van der Waals surface area contributed by atoms with Gasteiger partial charge in [0, 0.05) is 25.8 Å². The van der Waals surface area contributed by atoms with Crippen molar-refractivity contribution in [2.45, 2.75) is 20.4 Å². The molecule has 0 aliphatic rings. The van der Waals surface area contributed by atoms with Crippen molar-refractivity contribution < 1.29 is 4.79 Å². The fourth-order valence-corrected chi connectivity index (χ4v) is 1.51. The summed E-state index contributed by atoms with van der Waals surface area (Å²) in [6.07, 6.45) is 1.75. The maximum absolute atomic E-state index is 11.5. The second kappa shape index (κ2) is 6.85. The quantitative estimate of drug-likeness (QED) is 0.754. The number of hydrogen-bond acceptors (Lipinski definition) is 4. The Morgan fingerprint density at radius 1 is 1.47 bits per heavy atom. The van der Waals surface area contributed by atoms with Gasteiger partial charge in [-0.3, -0.25) is 4.79 Å². The Morgan fingerprint density at radius 2 is 2.24 bits per heavy atom. The zero-order chi connectivity index (χ0) is 12.7. The van der Waals surface area contributed by atoms with Gasteiger partial charge in [0.1, 0.15) is 5.82 Å². The van der Waals surface area contributed by atoms with Crippen LogP contribution in [0.3, 0.4) is 0 Å². The number of carbonyl (C=O) groups excluding carboxylic acids is 1. The molecule has 0 aromatic carbocycles. The topological polar surface area (TPSA) is 71.2 Å². The van der Waals surface area contributed by atoms with Gasteiger partial charge < -0.3 is 16.0 Å². The predicted molar refractivity (Wildman–Crippen MR) is 68.7 cm³/mol. The Hall–Kier alpha value is -1.62. The molecule has 1 amide bonds. The summed E-state index contributed by atoms with van der Waals surface area (Å²) in [5.74, 6) is 0.815. The summed E-state index contributed by atoms with van der Waals surface area (Å²) in [5, 5.41) is 2.77. The van der Waals surface area contributed by atoms with Crippen molar-refractivity contribution in [1.29, 1.82) is 0 Å². The molecule has 0 saturated heterocycles. The summed E-state index contributed by atoms with van der Waals surface area (Å²) < 4.78 is 0. The molecule has 5 nitrogen and oxygen atoms in total. The summed E-state index contributed by atoms with van der Waals surface area (Å²) in [6, 6.07) is 3.83. The summed E-state index contributed by atoms with van der Waals surface area (Å²) in [4.78, 5) is 17.7. The molecule has 0 unspecified atom stereocenters. The van der Waals surface area contributed by atoms with Gasteiger partial charge in [-0.1, -0.05) is 6.07 Å². The van der Waals surface area contributed by atoms with Crippen LogP contribution in [-0.4, -0.2) is 30.5 Å². The van der Waals surface area contributed by atoms with E-state index in [-0.39, 0.29) is 5.91 Å². The van der Waals surface area contributed by atoms with Crippen molar-refractivity contribution in [3.05, 3.63) is 23.9 Å². The van der Waals surface area contributed by atoms with E-state index >= 15 is 0 Å². The van der Waals surface area contributed by atoms with E-state index in [9.17, 15) is 4.79 Å². The van der Waals surface area contributed by atoms with Gasteiger partial charge in [0.25, 0.3) is 0 Å². The molecule has 17 heavy (non-hydrogen) atoms. The molecule has 0 radical (unpaired) electrons. The summed E-state index contributed by atoms with van der Waals surface area (Å²) in [5.41, 5.74) is 6.50. The molecule has 94 valence electrons. The fraction of sp³-hybridized carbons (Fsp3) is 0.500. The number of nitrogens with one attached hydrogen (secondary N) is 1. The second-order valence-corrected chi connectivity index (χ2v) is 3.70. The number of hydrogen-bond donors (Lipinski definition) is 2. The lowest BCUT2D eigenvalue weighted by atomic mass is 10.3. The van der Waals surface area contributed by atoms with Crippen LogP contribution >= 0.6 is 0 Å². The smallest absolute Gasteiger partial charge is 0.239 e. The van der Waals surface area contributed by atoms with Crippen LogP contribution < -0.4 is 16.0 Å². The Bertz CT molecular complexity index is 350. The van der Waals surface area contributed by atoms with Gasteiger partial charge in [0.15, 0.2) is 0 Å². The van der Waals surface area contributed by atoms with Gasteiger partial charge in [-0.05, 0) is 25.5 Å². The number of likely N-dealkylation sites (N-methyl/N-ethyl adjacent to an activating group) is 2. The number of anilines is 1. The predicted octanol–water partition coefficient (Wildman–Crippen LogP) is 0.503. The van der Waals surface area contributed by atoms with Gasteiger partial charge in [-0.25, -0.2) is 4.98 Å². The minimum absolute atomic E-state index is 0.0130. The van der Waals surface area contributed by atoms with Crippen molar-refractivity contribution >= 4 is 11.7 Å². The van der Waals surface area contributed by atoms with Crippen LogP contribution in [0, 0.1) is 0 Å². The molecular weight excluding hydrogens is 216 g/mol. The number of rotatable bonds is 6. The number of aromatic nitrogens is 1. The highest BCUT2D eigenvalue weighted by molar-refractivity contribution is 5.80. The zero-order valence-electron chi connectivity index (χ0n) is 10.4. The summed E-state index contributed by atoms with van der Waals surface area (Å²) >= 11 is 0. The van der Waals surface area contributed by atoms with Gasteiger partial charge >= 0.3 is 0 Å². The van der Waals surface area contributed by atoms with E-state index in [1.54, 1.807) is 6.20 Å². The van der Waals surface area contributed by atoms with E-state index in [1.165, 1.54) is 0 Å². The second-order valence-electron chi connectivity index (χ2n) is 3.70. The van der Waals surface area contributed by atoms with E-state index in [0.717, 1.165) is 17.9 Å². The van der Waals surface area contributed by atoms with Gasteiger partial charge in [0.05, 0.1) is 6.54 Å². The first-order chi connectivity index (χ1) is 8.21. The molecule has 0 spiro atoms. The minimum Gasteiger partial charge on any atom is -0.355 e. The molecule has 0 aliphatic carbocycles. The van der Waals surface area contributed by atoms with E-state index in [0.29, 0.717) is 19.6 Å². The maximum atomic E-state index is 11.5.